The maximum atomic E-state index is 14.3. The smallest absolute Gasteiger partial charge is 0.270 e. The minimum atomic E-state index is -2.65. The molecule has 0 radical (unpaired) electrons. The average Bonchev–Trinajstić information content (AvgIpc) is 2.74. The van der Waals surface area contributed by atoms with E-state index in [9.17, 15) is 9.59 Å². The van der Waals surface area contributed by atoms with Gasteiger partial charge in [0.05, 0.1) is 5.02 Å². The zero-order valence-electron chi connectivity index (χ0n) is 23.5. The van der Waals surface area contributed by atoms with Gasteiger partial charge in [-0.2, -0.15) is 0 Å². The molecule has 0 atom stereocenters. The number of nitrogens with zero attached hydrogens (tertiary/aromatic N) is 2. The van der Waals surface area contributed by atoms with Crippen LogP contribution in [0.25, 0.3) is 0 Å². The van der Waals surface area contributed by atoms with E-state index in [2.05, 4.69) is 67.7 Å². The highest BCUT2D eigenvalue weighted by Gasteiger charge is 2.54. The Morgan fingerprint density at radius 3 is 1.68 bits per heavy atom. The zero-order chi connectivity index (χ0) is 28.6. The first-order chi connectivity index (χ1) is 16.7. The number of hydrogen-bond acceptors (Lipinski definition) is 3. The fourth-order valence-corrected chi connectivity index (χ4v) is 9.30. The molecule has 0 unspecified atom stereocenters. The van der Waals surface area contributed by atoms with Gasteiger partial charge in [-0.3, -0.25) is 18.9 Å². The SMILES string of the molecule is CC(C)(C)[Si](C)(C)N(C(=O)COc1ccc(Cl)cc1Cl)N(C(=O)c1ccc(Cl)cc1)[Si](C)(C)C(C)(C)C. The van der Waals surface area contributed by atoms with Crippen molar-refractivity contribution in [2.24, 2.45) is 0 Å². The predicted molar refractivity (Wildman–Crippen MR) is 161 cm³/mol. The molecule has 0 saturated heterocycles. The van der Waals surface area contributed by atoms with E-state index in [-0.39, 0.29) is 28.5 Å². The van der Waals surface area contributed by atoms with Crippen LogP contribution in [0.4, 0.5) is 0 Å². The molecule has 2 rings (SSSR count). The summed E-state index contributed by atoms with van der Waals surface area (Å²) in [4.78, 5) is 28.5. The first kappa shape index (κ1) is 31.7. The standard InChI is InChI=1S/C27H39Cl3N2O3Si2/c1-26(2,3)36(7,8)31(24(33)18-35-23-16-15-21(29)17-22(23)30)32(37(9,10)27(4,5)6)25(34)19-11-13-20(28)14-12-19/h11-17H,18H2,1-10H3. The van der Waals surface area contributed by atoms with E-state index in [1.807, 2.05) is 0 Å². The van der Waals surface area contributed by atoms with E-state index < -0.39 is 16.5 Å². The molecule has 10 heteroatoms. The molecule has 0 aliphatic heterocycles. The summed E-state index contributed by atoms with van der Waals surface area (Å²) in [6.45, 7) is 21.0. The summed E-state index contributed by atoms with van der Waals surface area (Å²) >= 11 is 18.4. The maximum Gasteiger partial charge on any atom is 0.270 e. The van der Waals surface area contributed by atoms with Crippen LogP contribution in [0.1, 0.15) is 51.9 Å². The highest BCUT2D eigenvalue weighted by atomic mass is 35.5. The van der Waals surface area contributed by atoms with Gasteiger partial charge in [0.15, 0.2) is 23.1 Å². The van der Waals surface area contributed by atoms with Crippen LogP contribution in [-0.4, -0.2) is 44.2 Å². The number of hydrogen-bond donors (Lipinski definition) is 0. The lowest BCUT2D eigenvalue weighted by Crippen LogP contribution is -2.73. The highest BCUT2D eigenvalue weighted by Crippen LogP contribution is 2.45. The van der Waals surface area contributed by atoms with Gasteiger partial charge < -0.3 is 4.74 Å². The lowest BCUT2D eigenvalue weighted by molar-refractivity contribution is -0.135. The molecule has 5 nitrogen and oxygen atoms in total. The summed E-state index contributed by atoms with van der Waals surface area (Å²) in [5.74, 6) is -0.145. The molecule has 2 aromatic rings. The molecule has 0 aliphatic rings. The summed E-state index contributed by atoms with van der Waals surface area (Å²) in [7, 11) is -5.30. The largest absolute Gasteiger partial charge is 0.482 e. The van der Waals surface area contributed by atoms with E-state index in [1.54, 1.807) is 51.8 Å². The molecule has 204 valence electrons. The molecule has 0 N–H and O–H groups in total. The predicted octanol–water partition coefficient (Wildman–Crippen LogP) is 8.92. The molecular weight excluding hydrogens is 563 g/mol. The molecule has 0 saturated carbocycles. The number of carbonyl (C=O) groups excluding carboxylic acids is 2. The third kappa shape index (κ3) is 6.93. The molecule has 2 aromatic carbocycles. The Bertz CT molecular complexity index is 1140. The van der Waals surface area contributed by atoms with E-state index in [0.717, 1.165) is 0 Å². The van der Waals surface area contributed by atoms with Gasteiger partial charge >= 0.3 is 0 Å². The second-order valence-electron chi connectivity index (χ2n) is 12.3. The number of amides is 2. The molecule has 0 aliphatic carbocycles. The second kappa shape index (κ2) is 11.3. The van der Waals surface area contributed by atoms with Crippen molar-refractivity contribution in [1.82, 2.24) is 9.35 Å². The molecule has 0 heterocycles. The Morgan fingerprint density at radius 1 is 0.757 bits per heavy atom. The summed E-state index contributed by atoms with van der Waals surface area (Å²) in [6, 6.07) is 11.7. The normalized spacial score (nSPS) is 12.8. The molecule has 2 amide bonds. The van der Waals surface area contributed by atoms with Crippen LogP contribution in [0.3, 0.4) is 0 Å². The van der Waals surface area contributed by atoms with Crippen molar-refractivity contribution in [3.8, 4) is 5.75 Å². The molecule has 0 aromatic heterocycles. The maximum absolute atomic E-state index is 14.3. The van der Waals surface area contributed by atoms with Crippen molar-refractivity contribution in [1.29, 1.82) is 0 Å². The third-order valence-electron chi connectivity index (χ3n) is 7.69. The lowest BCUT2D eigenvalue weighted by Gasteiger charge is -2.57. The van der Waals surface area contributed by atoms with Crippen molar-refractivity contribution in [3.05, 3.63) is 63.1 Å². The fourth-order valence-electron chi connectivity index (χ4n) is 3.41. The number of benzene rings is 2. The number of ether oxygens (including phenoxy) is 1. The van der Waals surface area contributed by atoms with Crippen molar-refractivity contribution in [2.75, 3.05) is 6.61 Å². The van der Waals surface area contributed by atoms with Gasteiger partial charge in [0, 0.05) is 15.6 Å². The molecular formula is C27H39Cl3N2O3Si2. The highest BCUT2D eigenvalue weighted by molar-refractivity contribution is 6.84. The van der Waals surface area contributed by atoms with Gasteiger partial charge in [-0.1, -0.05) is 76.3 Å². The van der Waals surface area contributed by atoms with E-state index in [4.69, 9.17) is 39.5 Å². The number of halogens is 3. The van der Waals surface area contributed by atoms with E-state index in [1.165, 1.54) is 0 Å². The molecule has 0 fully saturated rings. The quantitative estimate of drug-likeness (QED) is 0.245. The number of rotatable bonds is 6. The van der Waals surface area contributed by atoms with Crippen LogP contribution in [0.2, 0.25) is 51.3 Å². The third-order valence-corrected chi connectivity index (χ3v) is 19.0. The Hall–Kier alpha value is -1.52. The number of carbonyl (C=O) groups is 2. The van der Waals surface area contributed by atoms with Gasteiger partial charge in [0.2, 0.25) is 0 Å². The number of hydrazine groups is 1. The lowest BCUT2D eigenvalue weighted by atomic mass is 10.2. The van der Waals surface area contributed by atoms with Gasteiger partial charge in [0.1, 0.15) is 5.75 Å². The second-order valence-corrected chi connectivity index (χ2v) is 23.7. The summed E-state index contributed by atoms with van der Waals surface area (Å²) in [5, 5.41) is 0.848. The van der Waals surface area contributed by atoms with Crippen LogP contribution in [0.5, 0.6) is 5.75 Å². The zero-order valence-corrected chi connectivity index (χ0v) is 27.8. The van der Waals surface area contributed by atoms with Crippen LogP contribution in [-0.2, 0) is 4.79 Å². The molecule has 0 spiro atoms. The summed E-state index contributed by atoms with van der Waals surface area (Å²) < 4.78 is 9.46. The minimum Gasteiger partial charge on any atom is -0.482 e. The van der Waals surface area contributed by atoms with Crippen LogP contribution in [0, 0.1) is 0 Å². The van der Waals surface area contributed by atoms with Crippen molar-refractivity contribution < 1.29 is 14.3 Å². The van der Waals surface area contributed by atoms with Crippen LogP contribution in [0.15, 0.2) is 42.5 Å². The van der Waals surface area contributed by atoms with Crippen molar-refractivity contribution in [3.63, 3.8) is 0 Å². The van der Waals surface area contributed by atoms with Crippen molar-refractivity contribution >= 4 is 63.1 Å². The molecule has 0 bridgehead atoms. The fraction of sp³-hybridized carbons (Fsp3) is 0.481. The monoisotopic (exact) mass is 600 g/mol. The summed E-state index contributed by atoms with van der Waals surface area (Å²) in [6.07, 6.45) is 0. The first-order valence-corrected chi connectivity index (χ1v) is 19.3. The first-order valence-electron chi connectivity index (χ1n) is 12.2. The van der Waals surface area contributed by atoms with Gasteiger partial charge in [-0.05, 0) is 78.7 Å². The minimum absolute atomic E-state index is 0.217. The van der Waals surface area contributed by atoms with E-state index in [0.29, 0.717) is 26.4 Å². The average molecular weight is 602 g/mol. The topological polar surface area (TPSA) is 49.9 Å². The van der Waals surface area contributed by atoms with Gasteiger partial charge in [-0.15, -0.1) is 0 Å². The Kier molecular flexibility index (Phi) is 9.68. The van der Waals surface area contributed by atoms with Gasteiger partial charge in [-0.25, -0.2) is 0 Å². The van der Waals surface area contributed by atoms with Crippen molar-refractivity contribution in [2.45, 2.75) is 77.8 Å². The Labute approximate surface area is 239 Å². The molecule has 37 heavy (non-hydrogen) atoms. The summed E-state index contributed by atoms with van der Waals surface area (Å²) in [5.41, 5.74) is 0.479. The van der Waals surface area contributed by atoms with Crippen LogP contribution < -0.4 is 4.74 Å². The Balaban J connectivity index is 2.69. The van der Waals surface area contributed by atoms with Gasteiger partial charge in [0.25, 0.3) is 11.8 Å². The Morgan fingerprint density at radius 2 is 1.22 bits per heavy atom. The van der Waals surface area contributed by atoms with E-state index >= 15 is 0 Å². The van der Waals surface area contributed by atoms with Crippen LogP contribution >= 0.6 is 34.8 Å².